The number of benzene rings is 1. The van der Waals surface area contributed by atoms with E-state index in [9.17, 15) is 27.9 Å². The first kappa shape index (κ1) is 21.7. The highest BCUT2D eigenvalue weighted by atomic mass is 19.4. The molecule has 166 valence electrons. The monoisotopic (exact) mass is 446 g/mol. The van der Waals surface area contributed by atoms with Crippen molar-refractivity contribution in [2.24, 2.45) is 0 Å². The van der Waals surface area contributed by atoms with Crippen molar-refractivity contribution in [3.63, 3.8) is 0 Å². The molecule has 32 heavy (non-hydrogen) atoms. The minimum atomic E-state index is -4.50. The van der Waals surface area contributed by atoms with E-state index in [1.165, 1.54) is 30.6 Å². The number of hydrogen-bond donors (Lipinski definition) is 2. The van der Waals surface area contributed by atoms with Crippen molar-refractivity contribution in [2.75, 3.05) is 13.2 Å². The van der Waals surface area contributed by atoms with Crippen LogP contribution < -0.4 is 10.9 Å². The smallest absolute Gasteiger partial charge is 0.388 e. The molecule has 0 aliphatic carbocycles. The van der Waals surface area contributed by atoms with Crippen LogP contribution in [0.3, 0.4) is 0 Å². The summed E-state index contributed by atoms with van der Waals surface area (Å²) in [6.45, 7) is 0.137. The van der Waals surface area contributed by atoms with Crippen LogP contribution in [0.25, 0.3) is 16.9 Å². The van der Waals surface area contributed by atoms with Crippen LogP contribution in [0.15, 0.2) is 59.7 Å². The minimum absolute atomic E-state index is 0.0536. The Morgan fingerprint density at radius 1 is 1.19 bits per heavy atom. The van der Waals surface area contributed by atoms with Crippen molar-refractivity contribution in [3.05, 3.63) is 76.3 Å². The van der Waals surface area contributed by atoms with E-state index in [2.05, 4.69) is 15.4 Å². The lowest BCUT2D eigenvalue weighted by Gasteiger charge is -2.16. The fraction of sp³-hybridized carbons (Fsp3) is 0.238. The molecule has 11 heteroatoms. The van der Waals surface area contributed by atoms with Crippen molar-refractivity contribution in [1.82, 2.24) is 20.1 Å². The number of hydrogen-bond acceptors (Lipinski definition) is 6. The van der Waals surface area contributed by atoms with Gasteiger partial charge in [-0.2, -0.15) is 23.0 Å². The van der Waals surface area contributed by atoms with Gasteiger partial charge in [-0.3, -0.25) is 14.6 Å². The molecule has 2 unspecified atom stereocenters. The zero-order chi connectivity index (χ0) is 22.9. The molecular weight excluding hydrogens is 429 g/mol. The molecule has 2 atom stereocenters. The number of aliphatic hydroxyl groups excluding tert-OH is 1. The van der Waals surface area contributed by atoms with Crippen molar-refractivity contribution >= 4 is 5.91 Å². The molecule has 2 aromatic heterocycles. The first-order valence-electron chi connectivity index (χ1n) is 9.53. The Bertz CT molecular complexity index is 1180. The summed E-state index contributed by atoms with van der Waals surface area (Å²) in [6, 6.07) is 7.82. The Labute approximate surface area is 179 Å². The lowest BCUT2D eigenvalue weighted by molar-refractivity contribution is -0.137. The number of amides is 1. The van der Waals surface area contributed by atoms with Crippen molar-refractivity contribution in [2.45, 2.75) is 18.3 Å². The normalized spacial score (nSPS) is 18.5. The number of nitrogens with zero attached hydrogens (tertiary/aromatic N) is 3. The molecule has 0 bridgehead atoms. The Morgan fingerprint density at radius 3 is 2.53 bits per heavy atom. The number of rotatable bonds is 4. The summed E-state index contributed by atoms with van der Waals surface area (Å²) in [5.74, 6) is -0.766. The van der Waals surface area contributed by atoms with Gasteiger partial charge in [0.2, 0.25) is 0 Å². The second kappa shape index (κ2) is 8.52. The van der Waals surface area contributed by atoms with Crippen molar-refractivity contribution in [3.8, 4) is 16.9 Å². The molecule has 3 heterocycles. The molecule has 1 fully saturated rings. The lowest BCUT2D eigenvalue weighted by atomic mass is 10.1. The zero-order valence-electron chi connectivity index (χ0n) is 16.4. The Morgan fingerprint density at radius 2 is 1.94 bits per heavy atom. The van der Waals surface area contributed by atoms with Gasteiger partial charge in [0.05, 0.1) is 48.5 Å². The molecule has 8 nitrogen and oxygen atoms in total. The molecule has 1 aromatic carbocycles. The maximum absolute atomic E-state index is 13.0. The third-order valence-corrected chi connectivity index (χ3v) is 4.92. The largest absolute Gasteiger partial charge is 0.416 e. The van der Waals surface area contributed by atoms with E-state index in [0.717, 1.165) is 16.8 Å². The summed E-state index contributed by atoms with van der Waals surface area (Å²) in [5.41, 5.74) is -1.23. The highest BCUT2D eigenvalue weighted by molar-refractivity contribution is 5.95. The van der Waals surface area contributed by atoms with E-state index in [1.807, 2.05) is 0 Å². The zero-order valence-corrected chi connectivity index (χ0v) is 16.4. The van der Waals surface area contributed by atoms with Gasteiger partial charge in [0.1, 0.15) is 5.56 Å². The third kappa shape index (κ3) is 4.39. The van der Waals surface area contributed by atoms with Gasteiger partial charge in [0.15, 0.2) is 0 Å². The maximum atomic E-state index is 13.0. The second-order valence-electron chi connectivity index (χ2n) is 7.13. The first-order chi connectivity index (χ1) is 15.2. The summed E-state index contributed by atoms with van der Waals surface area (Å²) in [7, 11) is 0. The van der Waals surface area contributed by atoms with Gasteiger partial charge in [0, 0.05) is 11.8 Å². The number of aliphatic hydroxyl groups is 1. The SMILES string of the molecule is O=C(NC1COCC1O)c1cc(-c2ccc(C(F)(F)F)cc2)nn(-c2cccnc2)c1=O. The van der Waals surface area contributed by atoms with Crippen LogP contribution in [-0.4, -0.2) is 51.1 Å². The summed E-state index contributed by atoms with van der Waals surface area (Å²) in [4.78, 5) is 29.8. The first-order valence-corrected chi connectivity index (χ1v) is 9.53. The number of alkyl halides is 3. The minimum Gasteiger partial charge on any atom is -0.388 e. The summed E-state index contributed by atoms with van der Waals surface area (Å²) in [6.07, 6.45) is -2.57. The van der Waals surface area contributed by atoms with Crippen molar-refractivity contribution < 1.29 is 27.8 Å². The van der Waals surface area contributed by atoms with E-state index >= 15 is 0 Å². The summed E-state index contributed by atoms with van der Waals surface area (Å²) >= 11 is 0. The lowest BCUT2D eigenvalue weighted by Crippen LogP contribution is -2.44. The van der Waals surface area contributed by atoms with E-state index in [0.29, 0.717) is 0 Å². The number of nitrogens with one attached hydrogen (secondary N) is 1. The Kier molecular flexibility index (Phi) is 5.76. The molecular formula is C21H17F3N4O4. The predicted octanol–water partition coefficient (Wildman–Crippen LogP) is 1.80. The van der Waals surface area contributed by atoms with Gasteiger partial charge in [0.25, 0.3) is 11.5 Å². The number of pyridine rings is 1. The van der Waals surface area contributed by atoms with Gasteiger partial charge >= 0.3 is 6.18 Å². The Hall–Kier alpha value is -3.57. The molecule has 2 N–H and O–H groups in total. The van der Waals surface area contributed by atoms with E-state index in [1.54, 1.807) is 12.1 Å². The molecule has 3 aromatic rings. The second-order valence-corrected chi connectivity index (χ2v) is 7.13. The summed E-state index contributed by atoms with van der Waals surface area (Å²) in [5, 5.41) is 16.7. The fourth-order valence-corrected chi connectivity index (χ4v) is 3.21. The summed E-state index contributed by atoms with van der Waals surface area (Å²) < 4.78 is 44.8. The average Bonchev–Trinajstić information content (AvgIpc) is 3.18. The van der Waals surface area contributed by atoms with Gasteiger partial charge in [-0.15, -0.1) is 0 Å². The van der Waals surface area contributed by atoms with E-state index in [4.69, 9.17) is 4.74 Å². The quantitative estimate of drug-likeness (QED) is 0.633. The number of halogens is 3. The molecule has 4 rings (SSSR count). The standard InChI is InChI=1S/C21H17F3N4O4/c22-21(23,24)13-5-3-12(4-6-13)16-8-15(19(30)26-17-10-32-11-18(17)29)20(31)28(27-16)14-2-1-7-25-9-14/h1-9,17-18,29H,10-11H2,(H,26,30). The molecule has 0 spiro atoms. The highest BCUT2D eigenvalue weighted by Gasteiger charge is 2.31. The fourth-order valence-electron chi connectivity index (χ4n) is 3.21. The molecule has 0 saturated carbocycles. The maximum Gasteiger partial charge on any atom is 0.416 e. The number of carbonyl (C=O) groups is 1. The Balaban J connectivity index is 1.79. The van der Waals surface area contributed by atoms with Crippen LogP contribution in [0.5, 0.6) is 0 Å². The average molecular weight is 446 g/mol. The van der Waals surface area contributed by atoms with E-state index < -0.39 is 35.4 Å². The van der Waals surface area contributed by atoms with Gasteiger partial charge in [-0.25, -0.2) is 0 Å². The van der Waals surface area contributed by atoms with Crippen LogP contribution in [0.2, 0.25) is 0 Å². The van der Waals surface area contributed by atoms with Gasteiger partial charge in [-0.1, -0.05) is 12.1 Å². The highest BCUT2D eigenvalue weighted by Crippen LogP contribution is 2.30. The van der Waals surface area contributed by atoms with Gasteiger partial charge < -0.3 is 15.2 Å². The molecule has 1 amide bonds. The van der Waals surface area contributed by atoms with Crippen molar-refractivity contribution in [1.29, 1.82) is 0 Å². The molecule has 1 saturated heterocycles. The number of carbonyl (C=O) groups excluding carboxylic acids is 1. The molecule has 0 radical (unpaired) electrons. The van der Waals surface area contributed by atoms with E-state index in [-0.39, 0.29) is 35.7 Å². The van der Waals surface area contributed by atoms with Gasteiger partial charge in [-0.05, 0) is 30.3 Å². The number of aromatic nitrogens is 3. The molecule has 1 aliphatic heterocycles. The number of ether oxygens (including phenoxy) is 1. The van der Waals surface area contributed by atoms with Crippen LogP contribution in [0.1, 0.15) is 15.9 Å². The topological polar surface area (TPSA) is 106 Å². The third-order valence-electron chi connectivity index (χ3n) is 4.92. The van der Waals surface area contributed by atoms with Crippen LogP contribution in [0, 0.1) is 0 Å². The predicted molar refractivity (Wildman–Crippen MR) is 106 cm³/mol. The van der Waals surface area contributed by atoms with Crippen LogP contribution in [-0.2, 0) is 10.9 Å². The molecule has 1 aliphatic rings. The van der Waals surface area contributed by atoms with Crippen LogP contribution in [0.4, 0.5) is 13.2 Å². The van der Waals surface area contributed by atoms with Crippen LogP contribution >= 0.6 is 0 Å².